The van der Waals surface area contributed by atoms with Crippen LogP contribution in [-0.4, -0.2) is 256 Å². The Hall–Kier alpha value is -3.98. The molecule has 0 aliphatic carbocycles. The molecule has 1 aromatic rings. The minimum absolute atomic E-state index is 0.0361. The molecule has 476 valence electrons. The highest BCUT2D eigenvalue weighted by atomic mass is 32.2. The maximum absolute atomic E-state index is 12.2. The number of rotatable bonds is 53. The van der Waals surface area contributed by atoms with Crippen LogP contribution in [0.4, 0.5) is 4.79 Å². The fourth-order valence-electron chi connectivity index (χ4n) is 5.56. The molecule has 1 rings (SSSR count). The number of carbonyl (C=O) groups is 5. The standard InChI is InChI=1S/C53H99N9O18S2/c1-51(2,3)10-14-68-16-18-70-20-22-72-24-26-74-28-30-76-32-34-78-35-33-77-31-29-75-27-25-73-23-21-71-19-17-69-15-13-62-39-44(59-61-62)40-79-50(67)55-12-11-54-46(63)36-56-47(64)37-57-48(65)38-58-49(66)41-80-60-45(42-81-52(4,5)6)43-82-53(7,8)9/h39H,10-38,40-43H2,1-9H3,(H,54,63)(H,55,67)(H,56,64)(H,57,65)(H,58,66). The zero-order chi connectivity index (χ0) is 60.4. The lowest BCUT2D eigenvalue weighted by Gasteiger charge is -2.20. The Labute approximate surface area is 494 Å². The Balaban J connectivity index is 1.89. The lowest BCUT2D eigenvalue weighted by molar-refractivity contribution is -0.130. The van der Waals surface area contributed by atoms with E-state index in [0.29, 0.717) is 162 Å². The molecule has 0 aliphatic rings. The number of aromatic nitrogens is 3. The van der Waals surface area contributed by atoms with E-state index >= 15 is 0 Å². The molecule has 1 heterocycles. The van der Waals surface area contributed by atoms with E-state index in [1.807, 2.05) is 0 Å². The van der Waals surface area contributed by atoms with Crippen LogP contribution in [-0.2, 0) is 94.0 Å². The molecule has 0 fully saturated rings. The highest BCUT2D eigenvalue weighted by molar-refractivity contribution is 8.02. The van der Waals surface area contributed by atoms with Crippen LogP contribution in [0.1, 0.15) is 74.4 Å². The Morgan fingerprint density at radius 2 is 0.829 bits per heavy atom. The van der Waals surface area contributed by atoms with Crippen molar-refractivity contribution < 1.29 is 85.7 Å². The summed E-state index contributed by atoms with van der Waals surface area (Å²) >= 11 is 3.45. The first-order valence-electron chi connectivity index (χ1n) is 27.9. The van der Waals surface area contributed by atoms with Gasteiger partial charge in [-0.25, -0.2) is 9.48 Å². The van der Waals surface area contributed by atoms with Gasteiger partial charge in [0, 0.05) is 40.7 Å². The zero-order valence-corrected chi connectivity index (χ0v) is 52.0. The minimum atomic E-state index is -0.727. The van der Waals surface area contributed by atoms with Crippen molar-refractivity contribution in [3.63, 3.8) is 0 Å². The van der Waals surface area contributed by atoms with Crippen LogP contribution in [0.25, 0.3) is 0 Å². The first-order valence-corrected chi connectivity index (χ1v) is 29.8. The second-order valence-corrected chi connectivity index (χ2v) is 24.5. The highest BCUT2D eigenvalue weighted by Crippen LogP contribution is 2.27. The maximum atomic E-state index is 12.2. The fourth-order valence-corrected chi connectivity index (χ4v) is 7.20. The van der Waals surface area contributed by atoms with E-state index in [-0.39, 0.29) is 54.3 Å². The molecule has 27 nitrogen and oxygen atoms in total. The summed E-state index contributed by atoms with van der Waals surface area (Å²) in [6.07, 6.45) is 1.93. The van der Waals surface area contributed by atoms with Gasteiger partial charge in [0.25, 0.3) is 5.91 Å². The lowest BCUT2D eigenvalue weighted by atomic mass is 9.93. The molecule has 0 atom stereocenters. The van der Waals surface area contributed by atoms with E-state index in [2.05, 4.69) is 104 Å². The summed E-state index contributed by atoms with van der Waals surface area (Å²) in [7, 11) is 0. The van der Waals surface area contributed by atoms with E-state index in [4.69, 9.17) is 61.7 Å². The molecule has 5 N–H and O–H groups in total. The first kappa shape index (κ1) is 76.0. The van der Waals surface area contributed by atoms with E-state index in [0.717, 1.165) is 18.7 Å². The van der Waals surface area contributed by atoms with Crippen LogP contribution in [0.15, 0.2) is 11.4 Å². The van der Waals surface area contributed by atoms with Crippen molar-refractivity contribution in [2.75, 3.05) is 196 Å². The van der Waals surface area contributed by atoms with Gasteiger partial charge in [-0.1, -0.05) is 72.7 Å². The van der Waals surface area contributed by atoms with Crippen molar-refractivity contribution in [1.82, 2.24) is 41.6 Å². The molecule has 0 bridgehead atoms. The normalized spacial score (nSPS) is 11.8. The summed E-state index contributed by atoms with van der Waals surface area (Å²) in [5, 5.41) is 24.3. The van der Waals surface area contributed by atoms with Crippen LogP contribution in [0.5, 0.6) is 0 Å². The number of ether oxygens (including phenoxy) is 12. The number of nitrogens with zero attached hydrogens (tertiary/aromatic N) is 4. The third-order valence-corrected chi connectivity index (χ3v) is 12.6. The van der Waals surface area contributed by atoms with Crippen molar-refractivity contribution in [1.29, 1.82) is 0 Å². The fraction of sp³-hybridized carbons (Fsp3) is 0.849. The molecule has 0 aromatic carbocycles. The Morgan fingerprint density at radius 1 is 0.476 bits per heavy atom. The number of amides is 5. The zero-order valence-electron chi connectivity index (χ0n) is 50.4. The molecule has 0 radical (unpaired) electrons. The Kier molecular flexibility index (Phi) is 45.7. The molecular weight excluding hydrogens is 1110 g/mol. The molecule has 0 saturated carbocycles. The van der Waals surface area contributed by atoms with E-state index in [1.54, 1.807) is 34.4 Å². The van der Waals surface area contributed by atoms with Gasteiger partial charge < -0.3 is 88.3 Å². The Morgan fingerprint density at radius 3 is 1.22 bits per heavy atom. The van der Waals surface area contributed by atoms with Crippen LogP contribution in [0, 0.1) is 5.41 Å². The smallest absolute Gasteiger partial charge is 0.407 e. The molecule has 0 aliphatic heterocycles. The van der Waals surface area contributed by atoms with Crippen molar-refractivity contribution in [3.8, 4) is 0 Å². The monoisotopic (exact) mass is 1210 g/mol. The van der Waals surface area contributed by atoms with Crippen LogP contribution >= 0.6 is 23.5 Å². The summed E-state index contributed by atoms with van der Waals surface area (Å²) in [5.74, 6) is -0.994. The SMILES string of the molecule is CC(C)(C)CCOCCOCCOCCOCCOCCOCCOCCOCCOCCOCCOCCn1cc(COC(=O)NCCNC(=O)CNC(=O)CNC(=O)CNC(=O)CON=C(CSC(C)(C)C)CSC(C)(C)C)nn1. The quantitative estimate of drug-likeness (QED) is 0.0354. The molecule has 5 amide bonds. The number of hydrogen-bond acceptors (Lipinski definition) is 23. The van der Waals surface area contributed by atoms with Crippen molar-refractivity contribution in [3.05, 3.63) is 11.9 Å². The molecule has 29 heteroatoms. The maximum Gasteiger partial charge on any atom is 0.407 e. The van der Waals surface area contributed by atoms with Crippen LogP contribution in [0.3, 0.4) is 0 Å². The van der Waals surface area contributed by atoms with E-state index in [9.17, 15) is 24.0 Å². The largest absolute Gasteiger partial charge is 0.443 e. The average Bonchev–Trinajstić information content (AvgIpc) is 3.89. The predicted molar refractivity (Wildman–Crippen MR) is 311 cm³/mol. The third kappa shape index (κ3) is 54.0. The summed E-state index contributed by atoms with van der Waals surface area (Å²) < 4.78 is 67.5. The topological polar surface area (TPSA) is 309 Å². The van der Waals surface area contributed by atoms with Crippen molar-refractivity contribution in [2.24, 2.45) is 10.6 Å². The van der Waals surface area contributed by atoms with Gasteiger partial charge in [0.2, 0.25) is 17.7 Å². The van der Waals surface area contributed by atoms with Crippen LogP contribution in [0.2, 0.25) is 0 Å². The summed E-state index contributed by atoms with van der Waals surface area (Å²) in [6, 6.07) is 0. The van der Waals surface area contributed by atoms with Crippen molar-refractivity contribution >= 4 is 59.0 Å². The highest BCUT2D eigenvalue weighted by Gasteiger charge is 2.18. The van der Waals surface area contributed by atoms with Gasteiger partial charge in [-0.2, -0.15) is 0 Å². The second-order valence-electron chi connectivity index (χ2n) is 20.9. The van der Waals surface area contributed by atoms with Gasteiger partial charge in [0.05, 0.1) is 177 Å². The van der Waals surface area contributed by atoms with Gasteiger partial charge in [0.15, 0.2) is 6.61 Å². The molecule has 0 spiro atoms. The molecule has 82 heavy (non-hydrogen) atoms. The molecular formula is C53H99N9O18S2. The van der Waals surface area contributed by atoms with Gasteiger partial charge in [0.1, 0.15) is 12.3 Å². The van der Waals surface area contributed by atoms with Gasteiger partial charge >= 0.3 is 6.09 Å². The molecule has 0 unspecified atom stereocenters. The summed E-state index contributed by atoms with van der Waals surface area (Å²) in [5.41, 5.74) is 1.52. The summed E-state index contributed by atoms with van der Waals surface area (Å²) in [4.78, 5) is 66.0. The van der Waals surface area contributed by atoms with E-state index in [1.165, 1.54) is 0 Å². The minimum Gasteiger partial charge on any atom is -0.443 e. The molecule has 0 saturated heterocycles. The number of hydrogen-bond donors (Lipinski definition) is 5. The number of thioether (sulfide) groups is 2. The van der Waals surface area contributed by atoms with Gasteiger partial charge in [-0.3, -0.25) is 19.2 Å². The van der Waals surface area contributed by atoms with E-state index < -0.39 is 36.3 Å². The number of oxime groups is 1. The van der Waals surface area contributed by atoms with Gasteiger partial charge in [-0.05, 0) is 11.8 Å². The summed E-state index contributed by atoms with van der Waals surface area (Å²) in [6.45, 7) is 28.8. The van der Waals surface area contributed by atoms with Crippen LogP contribution < -0.4 is 26.6 Å². The van der Waals surface area contributed by atoms with Crippen molar-refractivity contribution in [2.45, 2.75) is 91.4 Å². The second kappa shape index (κ2) is 49.3. The lowest BCUT2D eigenvalue weighted by Crippen LogP contribution is -2.45. The third-order valence-electron chi connectivity index (χ3n) is 9.91. The Bertz CT molecular complexity index is 1820. The predicted octanol–water partition coefficient (Wildman–Crippen LogP) is 2.02. The number of carbonyl (C=O) groups excluding carboxylic acids is 5. The number of alkyl carbamates (subject to hydrolysis) is 1. The first-order chi connectivity index (χ1) is 39.2. The molecule has 1 aromatic heterocycles. The van der Waals surface area contributed by atoms with Gasteiger partial charge in [-0.15, -0.1) is 28.6 Å². The average molecular weight is 1210 g/mol. The number of nitrogens with one attached hydrogen (secondary N) is 5.